The number of halogens is 2. The van der Waals surface area contributed by atoms with Crippen LogP contribution in [-0.2, 0) is 7.05 Å². The highest BCUT2D eigenvalue weighted by molar-refractivity contribution is 6.01. The van der Waals surface area contributed by atoms with Crippen LogP contribution in [0, 0.1) is 23.5 Å². The van der Waals surface area contributed by atoms with Crippen LogP contribution in [0.3, 0.4) is 0 Å². The van der Waals surface area contributed by atoms with E-state index in [2.05, 4.69) is 27.2 Å². The number of benzene rings is 1. The van der Waals surface area contributed by atoms with Gasteiger partial charge in [0.15, 0.2) is 23.1 Å². The number of hydrogen-bond donors (Lipinski definition) is 2. The molecule has 0 unspecified atom stereocenters. The van der Waals surface area contributed by atoms with Gasteiger partial charge in [-0.05, 0) is 25.0 Å². The van der Waals surface area contributed by atoms with Gasteiger partial charge in [-0.2, -0.15) is 10.2 Å². The number of nitrogens with zero attached hydrogens (tertiary/aromatic N) is 5. The molecule has 0 saturated carbocycles. The lowest BCUT2D eigenvalue weighted by molar-refractivity contribution is 0.357. The molecule has 0 aliphatic carbocycles. The molecule has 1 atom stereocenters. The number of nitrogens with one attached hydrogen (secondary N) is 1. The van der Waals surface area contributed by atoms with Crippen LogP contribution in [0.4, 0.5) is 14.6 Å². The molecule has 3 aromatic heterocycles. The molecule has 180 valence electrons. The van der Waals surface area contributed by atoms with Gasteiger partial charge in [0.1, 0.15) is 17.1 Å². The average Bonchev–Trinajstić information content (AvgIpc) is 3.60. The van der Waals surface area contributed by atoms with Crippen LogP contribution in [0.15, 0.2) is 24.5 Å². The first-order valence-electron chi connectivity index (χ1n) is 10.9. The van der Waals surface area contributed by atoms with E-state index in [1.165, 1.54) is 14.2 Å². The van der Waals surface area contributed by atoms with Gasteiger partial charge in [-0.25, -0.2) is 13.8 Å². The molecule has 1 aliphatic rings. The lowest BCUT2D eigenvalue weighted by atomic mass is 10.1. The Kier molecular flexibility index (Phi) is 5.74. The van der Waals surface area contributed by atoms with Crippen LogP contribution in [0.1, 0.15) is 23.7 Å². The summed E-state index contributed by atoms with van der Waals surface area (Å²) in [5.74, 6) is 3.39. The summed E-state index contributed by atoms with van der Waals surface area (Å²) >= 11 is 0. The van der Waals surface area contributed by atoms with Crippen molar-refractivity contribution in [3.8, 4) is 34.6 Å². The summed E-state index contributed by atoms with van der Waals surface area (Å²) in [6.07, 6.45) is 4.34. The maximum atomic E-state index is 14.9. The summed E-state index contributed by atoms with van der Waals surface area (Å²) in [6.45, 7) is 1.55. The Morgan fingerprint density at radius 3 is 2.49 bits per heavy atom. The molecular weight excluding hydrogens is 456 g/mol. The largest absolute Gasteiger partial charge is 0.493 e. The fraction of sp³-hybridized carbons (Fsp3) is 0.292. The van der Waals surface area contributed by atoms with E-state index in [4.69, 9.17) is 20.3 Å². The molecule has 9 nitrogen and oxygen atoms in total. The van der Waals surface area contributed by atoms with E-state index in [0.717, 1.165) is 30.1 Å². The number of hydrogen-bond acceptors (Lipinski definition) is 7. The van der Waals surface area contributed by atoms with Crippen molar-refractivity contribution in [2.75, 3.05) is 33.0 Å². The van der Waals surface area contributed by atoms with Gasteiger partial charge in [0, 0.05) is 37.6 Å². The van der Waals surface area contributed by atoms with E-state index < -0.39 is 17.2 Å². The van der Waals surface area contributed by atoms with E-state index in [9.17, 15) is 8.78 Å². The minimum Gasteiger partial charge on any atom is -0.493 e. The van der Waals surface area contributed by atoms with Crippen molar-refractivity contribution in [2.24, 2.45) is 7.05 Å². The summed E-state index contributed by atoms with van der Waals surface area (Å²) in [6, 6.07) is 3.05. The van der Waals surface area contributed by atoms with Crippen LogP contribution in [0.25, 0.3) is 22.2 Å². The topological polar surface area (TPSA) is 105 Å². The molecule has 3 N–H and O–H groups in total. The Labute approximate surface area is 199 Å². The molecule has 4 heterocycles. The third kappa shape index (κ3) is 3.81. The Hall–Kier alpha value is -4.17. The molecule has 1 aromatic carbocycles. The molecule has 0 radical (unpaired) electrons. The summed E-state index contributed by atoms with van der Waals surface area (Å²) in [7, 11) is 4.39. The standard InChI is InChI=1S/C24H23F2N7O2/c1-32-9-7-16(30-32)15-12-29-24(27)20-17(31-33(23(15)20)13-6-8-28-11-13)5-4-14-21(25)18(34-2)10-19(35-3)22(14)26/h7,9-10,12-13,28H,6,8,11H2,1-3H3,(H2,27,29)/t13-/m0/s1. The summed E-state index contributed by atoms with van der Waals surface area (Å²) in [5, 5.41) is 13.1. The van der Waals surface area contributed by atoms with Crippen molar-refractivity contribution in [3.05, 3.63) is 47.4 Å². The fourth-order valence-corrected chi connectivity index (χ4v) is 4.26. The van der Waals surface area contributed by atoms with E-state index in [-0.39, 0.29) is 29.1 Å². The highest BCUT2D eigenvalue weighted by Crippen LogP contribution is 2.35. The third-order valence-corrected chi connectivity index (χ3v) is 6.00. The molecule has 1 fully saturated rings. The van der Waals surface area contributed by atoms with Crippen molar-refractivity contribution in [1.29, 1.82) is 0 Å². The van der Waals surface area contributed by atoms with Gasteiger partial charge in [-0.3, -0.25) is 9.36 Å². The number of anilines is 1. The number of ether oxygens (including phenoxy) is 2. The van der Waals surface area contributed by atoms with Gasteiger partial charge >= 0.3 is 0 Å². The van der Waals surface area contributed by atoms with Gasteiger partial charge < -0.3 is 20.5 Å². The van der Waals surface area contributed by atoms with Crippen LogP contribution in [0.2, 0.25) is 0 Å². The fourth-order valence-electron chi connectivity index (χ4n) is 4.26. The summed E-state index contributed by atoms with van der Waals surface area (Å²) < 4.78 is 43.3. The van der Waals surface area contributed by atoms with Gasteiger partial charge in [0.2, 0.25) is 0 Å². The van der Waals surface area contributed by atoms with Crippen LogP contribution in [0.5, 0.6) is 11.5 Å². The Bertz CT molecular complexity index is 1470. The van der Waals surface area contributed by atoms with Crippen LogP contribution >= 0.6 is 0 Å². The molecule has 5 rings (SSSR count). The predicted octanol–water partition coefficient (Wildman–Crippen LogP) is 2.64. The summed E-state index contributed by atoms with van der Waals surface area (Å²) in [5.41, 5.74) is 8.21. The van der Waals surface area contributed by atoms with E-state index in [1.807, 2.05) is 24.0 Å². The number of pyridine rings is 1. The molecule has 35 heavy (non-hydrogen) atoms. The number of nitrogen functional groups attached to an aromatic ring is 1. The lowest BCUT2D eigenvalue weighted by Crippen LogP contribution is -2.15. The van der Waals surface area contributed by atoms with Crippen molar-refractivity contribution < 1.29 is 18.3 Å². The van der Waals surface area contributed by atoms with Crippen LogP contribution < -0.4 is 20.5 Å². The van der Waals surface area contributed by atoms with Crippen molar-refractivity contribution in [1.82, 2.24) is 29.9 Å². The van der Waals surface area contributed by atoms with E-state index in [1.54, 1.807) is 10.9 Å². The molecule has 1 saturated heterocycles. The first-order valence-corrected chi connectivity index (χ1v) is 10.9. The Balaban J connectivity index is 1.75. The zero-order valence-corrected chi connectivity index (χ0v) is 19.4. The molecule has 0 bridgehead atoms. The highest BCUT2D eigenvalue weighted by Gasteiger charge is 2.26. The number of nitrogens with two attached hydrogens (primary N) is 1. The molecule has 11 heteroatoms. The molecule has 0 amide bonds. The molecular formula is C24H23F2N7O2. The van der Waals surface area contributed by atoms with Gasteiger partial charge in [-0.15, -0.1) is 0 Å². The maximum Gasteiger partial charge on any atom is 0.183 e. The number of methoxy groups -OCH3 is 2. The van der Waals surface area contributed by atoms with Crippen LogP contribution in [-0.4, -0.2) is 51.9 Å². The average molecular weight is 479 g/mol. The Morgan fingerprint density at radius 2 is 1.89 bits per heavy atom. The van der Waals surface area contributed by atoms with E-state index >= 15 is 0 Å². The number of rotatable bonds is 4. The van der Waals surface area contributed by atoms with Gasteiger partial charge in [-0.1, -0.05) is 5.92 Å². The zero-order chi connectivity index (χ0) is 24.7. The molecule has 4 aromatic rings. The third-order valence-electron chi connectivity index (χ3n) is 6.00. The van der Waals surface area contributed by atoms with Gasteiger partial charge in [0.25, 0.3) is 0 Å². The Morgan fingerprint density at radius 1 is 1.14 bits per heavy atom. The second-order valence-electron chi connectivity index (χ2n) is 8.13. The minimum atomic E-state index is -0.928. The highest BCUT2D eigenvalue weighted by atomic mass is 19.1. The SMILES string of the molecule is COc1cc(OC)c(F)c(C#Cc2nn([C@H]3CCNC3)c3c(-c4ccn(C)n4)cnc(N)c23)c1F. The smallest absolute Gasteiger partial charge is 0.183 e. The normalized spacial score (nSPS) is 15.3. The van der Waals surface area contributed by atoms with Gasteiger partial charge in [0.05, 0.1) is 36.9 Å². The first-order chi connectivity index (χ1) is 16.9. The van der Waals surface area contributed by atoms with Crippen molar-refractivity contribution >= 4 is 16.7 Å². The maximum absolute atomic E-state index is 14.9. The minimum absolute atomic E-state index is 0.0442. The predicted molar refractivity (Wildman–Crippen MR) is 126 cm³/mol. The number of aryl methyl sites for hydroxylation is 1. The molecule has 1 aliphatic heterocycles. The zero-order valence-electron chi connectivity index (χ0n) is 19.4. The lowest BCUT2D eigenvalue weighted by Gasteiger charge is -2.12. The van der Waals surface area contributed by atoms with Crippen molar-refractivity contribution in [3.63, 3.8) is 0 Å². The first kappa shape index (κ1) is 22.6. The second kappa shape index (κ2) is 8.88. The second-order valence-corrected chi connectivity index (χ2v) is 8.13. The number of fused-ring (bicyclic) bond motifs is 1. The van der Waals surface area contributed by atoms with Crippen molar-refractivity contribution in [2.45, 2.75) is 12.5 Å². The summed E-state index contributed by atoms with van der Waals surface area (Å²) in [4.78, 5) is 4.34. The monoisotopic (exact) mass is 479 g/mol. The van der Waals surface area contributed by atoms with E-state index in [0.29, 0.717) is 17.6 Å². The number of aromatic nitrogens is 5. The quantitative estimate of drug-likeness (QED) is 0.434. The molecule has 0 spiro atoms.